The number of halogens is 1. The van der Waals surface area contributed by atoms with Gasteiger partial charge in [0.1, 0.15) is 11.3 Å². The zero-order valence-electron chi connectivity index (χ0n) is 9.81. The van der Waals surface area contributed by atoms with Crippen molar-refractivity contribution in [1.82, 2.24) is 9.97 Å². The van der Waals surface area contributed by atoms with Crippen molar-refractivity contribution in [3.05, 3.63) is 44.9 Å². The molecule has 0 aliphatic heterocycles. The topological polar surface area (TPSA) is 92.3 Å². The summed E-state index contributed by atoms with van der Waals surface area (Å²) in [6.07, 6.45) is 1.04. The molecule has 0 unspecified atom stereocenters. The maximum atomic E-state index is 11.3. The van der Waals surface area contributed by atoms with Gasteiger partial charge in [-0.2, -0.15) is 0 Å². The number of methoxy groups -OCH3 is 1. The molecule has 98 valence electrons. The van der Waals surface area contributed by atoms with E-state index in [9.17, 15) is 9.59 Å². The smallest absolute Gasteiger partial charge is 0.345 e. The first-order chi connectivity index (χ1) is 9.02. The van der Waals surface area contributed by atoms with E-state index in [0.717, 1.165) is 6.20 Å². The van der Waals surface area contributed by atoms with Gasteiger partial charge in [0, 0.05) is 11.8 Å². The molecule has 0 amide bonds. The van der Waals surface area contributed by atoms with E-state index in [-0.39, 0.29) is 11.3 Å². The van der Waals surface area contributed by atoms with Crippen LogP contribution in [0.5, 0.6) is 5.75 Å². The zero-order chi connectivity index (χ0) is 14.0. The normalized spacial score (nSPS) is 10.2. The van der Waals surface area contributed by atoms with Crippen LogP contribution in [0.25, 0.3) is 11.3 Å². The second kappa shape index (κ2) is 5.23. The number of aromatic carboxylic acids is 1. The van der Waals surface area contributed by atoms with Crippen LogP contribution < -0.4 is 10.4 Å². The van der Waals surface area contributed by atoms with E-state index in [2.05, 4.69) is 25.9 Å². The lowest BCUT2D eigenvalue weighted by Crippen LogP contribution is -2.15. The molecule has 2 rings (SSSR count). The molecule has 0 aliphatic rings. The van der Waals surface area contributed by atoms with Crippen molar-refractivity contribution in [2.45, 2.75) is 0 Å². The molecule has 0 radical (unpaired) electrons. The van der Waals surface area contributed by atoms with Crippen molar-refractivity contribution in [3.8, 4) is 17.0 Å². The van der Waals surface area contributed by atoms with Crippen LogP contribution in [0.2, 0.25) is 0 Å². The van der Waals surface area contributed by atoms with Gasteiger partial charge in [-0.3, -0.25) is 0 Å². The fourth-order valence-electron chi connectivity index (χ4n) is 1.61. The Morgan fingerprint density at radius 1 is 1.47 bits per heavy atom. The highest BCUT2D eigenvalue weighted by Gasteiger charge is 2.14. The minimum absolute atomic E-state index is 0.0725. The molecule has 0 aliphatic carbocycles. The van der Waals surface area contributed by atoms with Crippen molar-refractivity contribution in [2.24, 2.45) is 0 Å². The molecule has 0 bridgehead atoms. The van der Waals surface area contributed by atoms with Gasteiger partial charge in [-0.05, 0) is 34.1 Å². The summed E-state index contributed by atoms with van der Waals surface area (Å²) in [5.74, 6) is -0.553. The third kappa shape index (κ3) is 2.65. The van der Waals surface area contributed by atoms with Crippen LogP contribution in [0, 0.1) is 0 Å². The summed E-state index contributed by atoms with van der Waals surface area (Å²) in [7, 11) is 1.52. The van der Waals surface area contributed by atoms with Crippen molar-refractivity contribution in [2.75, 3.05) is 7.11 Å². The SMILES string of the molecule is COc1ccc(-c2[nH]c(=O)ncc2C(=O)O)cc1Br. The average Bonchev–Trinajstić information content (AvgIpc) is 2.38. The Morgan fingerprint density at radius 3 is 2.79 bits per heavy atom. The first kappa shape index (κ1) is 13.3. The highest BCUT2D eigenvalue weighted by molar-refractivity contribution is 9.10. The molecule has 6 nitrogen and oxygen atoms in total. The summed E-state index contributed by atoms with van der Waals surface area (Å²) in [5, 5.41) is 9.09. The van der Waals surface area contributed by atoms with Gasteiger partial charge in [0.2, 0.25) is 0 Å². The number of carbonyl (C=O) groups is 1. The molecule has 0 saturated heterocycles. The van der Waals surface area contributed by atoms with Crippen molar-refractivity contribution in [3.63, 3.8) is 0 Å². The van der Waals surface area contributed by atoms with E-state index in [0.29, 0.717) is 15.8 Å². The monoisotopic (exact) mass is 324 g/mol. The number of aromatic nitrogens is 2. The fourth-order valence-corrected chi connectivity index (χ4v) is 2.15. The average molecular weight is 325 g/mol. The summed E-state index contributed by atoms with van der Waals surface area (Å²) in [6, 6.07) is 4.99. The number of H-pyrrole nitrogens is 1. The molecule has 1 heterocycles. The number of rotatable bonds is 3. The van der Waals surface area contributed by atoms with Gasteiger partial charge in [0.15, 0.2) is 0 Å². The molecule has 2 N–H and O–H groups in total. The lowest BCUT2D eigenvalue weighted by atomic mass is 10.1. The first-order valence-corrected chi connectivity index (χ1v) is 5.98. The standard InChI is InChI=1S/C12H9BrN2O4/c1-19-9-3-2-6(4-8(9)13)10-7(11(16)17)5-14-12(18)15-10/h2-5H,1H3,(H,16,17)(H,14,15,18). The number of nitrogens with zero attached hydrogens (tertiary/aromatic N) is 1. The molecule has 2 aromatic rings. The maximum absolute atomic E-state index is 11.3. The maximum Gasteiger partial charge on any atom is 0.345 e. The number of aromatic amines is 1. The second-order valence-corrected chi connectivity index (χ2v) is 4.49. The number of carboxylic acids is 1. The Labute approximate surface area is 116 Å². The van der Waals surface area contributed by atoms with Crippen molar-refractivity contribution >= 4 is 21.9 Å². The Hall–Kier alpha value is -2.15. The number of carboxylic acid groups (broad SMARTS) is 1. The molecule has 19 heavy (non-hydrogen) atoms. The van der Waals surface area contributed by atoms with Crippen LogP contribution >= 0.6 is 15.9 Å². The molecule has 0 atom stereocenters. The van der Waals surface area contributed by atoms with Crippen LogP contribution in [0.4, 0.5) is 0 Å². The van der Waals surface area contributed by atoms with E-state index >= 15 is 0 Å². The van der Waals surface area contributed by atoms with Crippen LogP contribution in [-0.4, -0.2) is 28.2 Å². The predicted octanol–water partition coefficient (Wildman–Crippen LogP) is 1.91. The highest BCUT2D eigenvalue weighted by Crippen LogP contribution is 2.30. The van der Waals surface area contributed by atoms with Crippen LogP contribution in [0.15, 0.2) is 33.7 Å². The summed E-state index contributed by atoms with van der Waals surface area (Å²) < 4.78 is 5.74. The van der Waals surface area contributed by atoms with E-state index in [1.54, 1.807) is 18.2 Å². The van der Waals surface area contributed by atoms with Gasteiger partial charge in [-0.1, -0.05) is 0 Å². The quantitative estimate of drug-likeness (QED) is 0.899. The summed E-state index contributed by atoms with van der Waals surface area (Å²) >= 11 is 3.30. The largest absolute Gasteiger partial charge is 0.496 e. The molecule has 0 saturated carbocycles. The van der Waals surface area contributed by atoms with E-state index in [1.807, 2.05) is 0 Å². The third-order valence-corrected chi connectivity index (χ3v) is 3.10. The molecule has 0 fully saturated rings. The number of ether oxygens (including phenoxy) is 1. The summed E-state index contributed by atoms with van der Waals surface area (Å²) in [6.45, 7) is 0. The lowest BCUT2D eigenvalue weighted by molar-refractivity contribution is 0.0697. The van der Waals surface area contributed by atoms with Gasteiger partial charge in [-0.15, -0.1) is 0 Å². The van der Waals surface area contributed by atoms with Crippen LogP contribution in [0.1, 0.15) is 10.4 Å². The molecular formula is C12H9BrN2O4. The Kier molecular flexibility index (Phi) is 3.66. The van der Waals surface area contributed by atoms with Gasteiger partial charge >= 0.3 is 11.7 Å². The zero-order valence-corrected chi connectivity index (χ0v) is 11.4. The predicted molar refractivity (Wildman–Crippen MR) is 71.5 cm³/mol. The van der Waals surface area contributed by atoms with Gasteiger partial charge in [0.05, 0.1) is 17.3 Å². The lowest BCUT2D eigenvalue weighted by Gasteiger charge is -2.08. The second-order valence-electron chi connectivity index (χ2n) is 3.63. The van der Waals surface area contributed by atoms with E-state index < -0.39 is 11.7 Å². The van der Waals surface area contributed by atoms with E-state index in [4.69, 9.17) is 9.84 Å². The minimum atomic E-state index is -1.16. The van der Waals surface area contributed by atoms with Gasteiger partial charge in [0.25, 0.3) is 0 Å². The Bertz CT molecular complexity index is 696. The Morgan fingerprint density at radius 2 is 2.21 bits per heavy atom. The van der Waals surface area contributed by atoms with Crippen molar-refractivity contribution < 1.29 is 14.6 Å². The molecule has 0 spiro atoms. The van der Waals surface area contributed by atoms with Crippen molar-refractivity contribution in [1.29, 1.82) is 0 Å². The minimum Gasteiger partial charge on any atom is -0.496 e. The van der Waals surface area contributed by atoms with Crippen LogP contribution in [-0.2, 0) is 0 Å². The number of nitrogens with one attached hydrogen (secondary N) is 1. The fraction of sp³-hybridized carbons (Fsp3) is 0.0833. The summed E-state index contributed by atoms with van der Waals surface area (Å²) in [4.78, 5) is 28.2. The highest BCUT2D eigenvalue weighted by atomic mass is 79.9. The number of hydrogen-bond donors (Lipinski definition) is 2. The summed E-state index contributed by atoms with van der Waals surface area (Å²) in [5.41, 5.74) is 0.0732. The van der Waals surface area contributed by atoms with E-state index in [1.165, 1.54) is 7.11 Å². The number of benzene rings is 1. The number of hydrogen-bond acceptors (Lipinski definition) is 4. The van der Waals surface area contributed by atoms with Gasteiger partial charge < -0.3 is 14.8 Å². The Balaban J connectivity index is 2.64. The van der Waals surface area contributed by atoms with Gasteiger partial charge in [-0.25, -0.2) is 14.6 Å². The van der Waals surface area contributed by atoms with Crippen LogP contribution in [0.3, 0.4) is 0 Å². The molecule has 1 aromatic carbocycles. The first-order valence-electron chi connectivity index (χ1n) is 5.19. The third-order valence-electron chi connectivity index (χ3n) is 2.48. The molecular weight excluding hydrogens is 316 g/mol. The molecule has 1 aromatic heterocycles. The molecule has 7 heteroatoms.